The van der Waals surface area contributed by atoms with Crippen molar-refractivity contribution < 1.29 is 13.2 Å². The van der Waals surface area contributed by atoms with E-state index in [0.717, 1.165) is 5.56 Å². The smallest absolute Gasteiger partial charge is 0.261 e. The third kappa shape index (κ3) is 5.23. The Balaban J connectivity index is 1.76. The van der Waals surface area contributed by atoms with Crippen molar-refractivity contribution in [3.05, 3.63) is 90.0 Å². The molecule has 0 unspecified atom stereocenters. The lowest BCUT2D eigenvalue weighted by atomic mass is 9.87. The maximum atomic E-state index is 12.6. The van der Waals surface area contributed by atoms with E-state index in [-0.39, 0.29) is 16.2 Å². The maximum Gasteiger partial charge on any atom is 0.261 e. The molecule has 0 saturated carbocycles. The van der Waals surface area contributed by atoms with E-state index in [1.807, 2.05) is 18.2 Å². The van der Waals surface area contributed by atoms with Crippen molar-refractivity contribution in [1.29, 1.82) is 0 Å². The number of nitrogens with one attached hydrogen (secondary N) is 2. The minimum absolute atomic E-state index is 0.00342. The average molecular weight is 409 g/mol. The van der Waals surface area contributed by atoms with Gasteiger partial charge in [0.1, 0.15) is 0 Å². The molecule has 2 N–H and O–H groups in total. The molecule has 0 fully saturated rings. The lowest BCUT2D eigenvalue weighted by Gasteiger charge is -2.19. The summed E-state index contributed by atoms with van der Waals surface area (Å²) in [4.78, 5) is 12.6. The molecule has 3 rings (SSSR count). The second-order valence-corrected chi connectivity index (χ2v) is 9.46. The van der Waals surface area contributed by atoms with Gasteiger partial charge in [-0.1, -0.05) is 57.2 Å². The van der Waals surface area contributed by atoms with E-state index in [1.54, 1.807) is 48.5 Å². The number of carbonyl (C=O) groups excluding carboxylic acids is 1. The highest BCUT2D eigenvalue weighted by molar-refractivity contribution is 7.92. The van der Waals surface area contributed by atoms with E-state index < -0.39 is 10.0 Å². The average Bonchev–Trinajstić information content (AvgIpc) is 2.68. The lowest BCUT2D eigenvalue weighted by molar-refractivity contribution is 0.102. The van der Waals surface area contributed by atoms with Crippen molar-refractivity contribution in [3.63, 3.8) is 0 Å². The number of benzene rings is 3. The van der Waals surface area contributed by atoms with Gasteiger partial charge in [0.25, 0.3) is 15.9 Å². The zero-order chi connectivity index (χ0) is 21.1. The fourth-order valence-electron chi connectivity index (χ4n) is 2.79. The van der Waals surface area contributed by atoms with Crippen LogP contribution >= 0.6 is 0 Å². The van der Waals surface area contributed by atoms with Gasteiger partial charge < -0.3 is 5.32 Å². The molecule has 29 heavy (non-hydrogen) atoms. The number of para-hydroxylation sites is 1. The van der Waals surface area contributed by atoms with Gasteiger partial charge in [0, 0.05) is 16.9 Å². The van der Waals surface area contributed by atoms with E-state index in [4.69, 9.17) is 0 Å². The van der Waals surface area contributed by atoms with E-state index in [0.29, 0.717) is 16.9 Å². The van der Waals surface area contributed by atoms with Crippen LogP contribution in [0.1, 0.15) is 36.7 Å². The first-order valence-corrected chi connectivity index (χ1v) is 10.7. The van der Waals surface area contributed by atoms with Crippen LogP contribution in [0, 0.1) is 0 Å². The predicted octanol–water partition coefficient (Wildman–Crippen LogP) is 5.04. The Labute approximate surface area is 171 Å². The molecule has 3 aromatic rings. The molecule has 3 aromatic carbocycles. The second-order valence-electron chi connectivity index (χ2n) is 7.78. The monoisotopic (exact) mass is 408 g/mol. The first kappa shape index (κ1) is 20.6. The summed E-state index contributed by atoms with van der Waals surface area (Å²) in [7, 11) is -3.76. The van der Waals surface area contributed by atoms with Gasteiger partial charge in [-0.3, -0.25) is 9.52 Å². The topological polar surface area (TPSA) is 75.3 Å². The molecule has 0 bridgehead atoms. The number of anilines is 2. The lowest BCUT2D eigenvalue weighted by Crippen LogP contribution is -2.16. The number of sulfonamides is 1. The van der Waals surface area contributed by atoms with Gasteiger partial charge in [-0.2, -0.15) is 0 Å². The zero-order valence-electron chi connectivity index (χ0n) is 16.6. The molecule has 150 valence electrons. The van der Waals surface area contributed by atoms with Crippen molar-refractivity contribution in [1.82, 2.24) is 0 Å². The van der Waals surface area contributed by atoms with Gasteiger partial charge in [0.2, 0.25) is 0 Å². The summed E-state index contributed by atoms with van der Waals surface area (Å²) < 4.78 is 27.8. The van der Waals surface area contributed by atoms with E-state index in [2.05, 4.69) is 30.8 Å². The van der Waals surface area contributed by atoms with Crippen LogP contribution in [0.3, 0.4) is 0 Å². The molecule has 1 amide bonds. The molecule has 0 spiro atoms. The van der Waals surface area contributed by atoms with Crippen LogP contribution in [-0.4, -0.2) is 14.3 Å². The minimum atomic E-state index is -3.76. The van der Waals surface area contributed by atoms with Gasteiger partial charge in [-0.05, 0) is 53.4 Å². The zero-order valence-corrected chi connectivity index (χ0v) is 17.5. The van der Waals surface area contributed by atoms with Crippen LogP contribution in [0.2, 0.25) is 0 Å². The Morgan fingerprint density at radius 1 is 0.793 bits per heavy atom. The molecule has 0 aliphatic carbocycles. The largest absolute Gasteiger partial charge is 0.322 e. The molecular formula is C23H24N2O3S. The molecule has 0 heterocycles. The quantitative estimate of drug-likeness (QED) is 0.621. The fraction of sp³-hybridized carbons (Fsp3) is 0.174. The summed E-state index contributed by atoms with van der Waals surface area (Å²) in [6, 6.07) is 22.2. The van der Waals surface area contributed by atoms with Gasteiger partial charge in [0.15, 0.2) is 0 Å². The second kappa shape index (κ2) is 8.09. The molecule has 0 aliphatic rings. The normalized spacial score (nSPS) is 11.7. The van der Waals surface area contributed by atoms with Crippen molar-refractivity contribution in [2.45, 2.75) is 31.1 Å². The van der Waals surface area contributed by atoms with E-state index in [1.165, 1.54) is 12.1 Å². The van der Waals surface area contributed by atoms with E-state index >= 15 is 0 Å². The maximum absolute atomic E-state index is 12.6. The van der Waals surface area contributed by atoms with Crippen molar-refractivity contribution in [2.75, 3.05) is 10.0 Å². The molecule has 0 radical (unpaired) electrons. The Morgan fingerprint density at radius 2 is 1.41 bits per heavy atom. The summed E-state index contributed by atoms with van der Waals surface area (Å²) in [6.07, 6.45) is 0. The molecule has 0 atom stereocenters. The molecule has 6 heteroatoms. The van der Waals surface area contributed by atoms with Crippen molar-refractivity contribution in [2.24, 2.45) is 0 Å². The Morgan fingerprint density at radius 3 is 2.03 bits per heavy atom. The highest BCUT2D eigenvalue weighted by Gasteiger charge is 2.17. The van der Waals surface area contributed by atoms with Gasteiger partial charge >= 0.3 is 0 Å². The third-order valence-electron chi connectivity index (χ3n) is 4.44. The van der Waals surface area contributed by atoms with Gasteiger partial charge in [0.05, 0.1) is 4.90 Å². The molecular weight excluding hydrogens is 384 g/mol. The van der Waals surface area contributed by atoms with E-state index in [9.17, 15) is 13.2 Å². The predicted molar refractivity (Wildman–Crippen MR) is 117 cm³/mol. The van der Waals surface area contributed by atoms with Crippen molar-refractivity contribution >= 4 is 27.3 Å². The Hall–Kier alpha value is -3.12. The third-order valence-corrected chi connectivity index (χ3v) is 5.82. The van der Waals surface area contributed by atoms with Crippen LogP contribution in [-0.2, 0) is 15.4 Å². The Bertz CT molecular complexity index is 1100. The summed E-state index contributed by atoms with van der Waals surface area (Å²) in [5.41, 5.74) is 2.53. The van der Waals surface area contributed by atoms with Crippen LogP contribution in [0.5, 0.6) is 0 Å². The SMILES string of the molecule is CC(C)(C)c1ccc(C(=O)Nc2cccc(S(=O)(=O)Nc3ccccc3)c2)cc1. The number of amides is 1. The summed E-state index contributed by atoms with van der Waals surface area (Å²) >= 11 is 0. The molecule has 0 saturated heterocycles. The Kier molecular flexibility index (Phi) is 5.75. The van der Waals surface area contributed by atoms with Crippen molar-refractivity contribution in [3.8, 4) is 0 Å². The first-order chi connectivity index (χ1) is 13.6. The number of carbonyl (C=O) groups is 1. The molecule has 0 aromatic heterocycles. The number of hydrogen-bond donors (Lipinski definition) is 2. The standard InChI is InChI=1S/C23H24N2O3S/c1-23(2,3)18-14-12-17(13-15-18)22(26)24-20-10-7-11-21(16-20)29(27,28)25-19-8-5-4-6-9-19/h4-16,25H,1-3H3,(H,24,26). The van der Waals surface area contributed by atoms with Gasteiger partial charge in [-0.15, -0.1) is 0 Å². The van der Waals surface area contributed by atoms with Crippen LogP contribution in [0.15, 0.2) is 83.8 Å². The number of rotatable bonds is 5. The molecule has 5 nitrogen and oxygen atoms in total. The van der Waals surface area contributed by atoms with Gasteiger partial charge in [-0.25, -0.2) is 8.42 Å². The highest BCUT2D eigenvalue weighted by Crippen LogP contribution is 2.23. The van der Waals surface area contributed by atoms with Crippen LogP contribution in [0.25, 0.3) is 0 Å². The summed E-state index contributed by atoms with van der Waals surface area (Å²) in [5, 5.41) is 2.76. The minimum Gasteiger partial charge on any atom is -0.322 e. The first-order valence-electron chi connectivity index (χ1n) is 9.25. The number of hydrogen-bond acceptors (Lipinski definition) is 3. The summed E-state index contributed by atoms with van der Waals surface area (Å²) in [5.74, 6) is -0.295. The van der Waals surface area contributed by atoms with Crippen LogP contribution < -0.4 is 10.0 Å². The van der Waals surface area contributed by atoms with Crippen LogP contribution in [0.4, 0.5) is 11.4 Å². The fourth-order valence-corrected chi connectivity index (χ4v) is 3.89. The summed E-state index contributed by atoms with van der Waals surface area (Å²) in [6.45, 7) is 6.33. The molecule has 0 aliphatic heterocycles. The highest BCUT2D eigenvalue weighted by atomic mass is 32.2.